The summed E-state index contributed by atoms with van der Waals surface area (Å²) in [6.45, 7) is 1.45. The van der Waals surface area contributed by atoms with Crippen LogP contribution in [0.15, 0.2) is 48.5 Å². The molecule has 4 rings (SSSR count). The van der Waals surface area contributed by atoms with E-state index in [0.29, 0.717) is 18.9 Å². The Morgan fingerprint density at radius 2 is 1.67 bits per heavy atom. The van der Waals surface area contributed by atoms with Crippen molar-refractivity contribution in [3.8, 4) is 11.5 Å². The fraction of sp³-hybridized carbons (Fsp3) is 0.364. The number of carbonyl (C=O) groups is 2. The molecule has 1 saturated heterocycles. The number of carbonyl (C=O) groups excluding carboxylic acids is 2. The van der Waals surface area contributed by atoms with Crippen LogP contribution in [0, 0.1) is 5.92 Å². The zero-order valence-electron chi connectivity index (χ0n) is 15.3. The third-order valence-electron chi connectivity index (χ3n) is 5.56. The first-order chi connectivity index (χ1) is 13.1. The molecule has 1 unspecified atom stereocenters. The Morgan fingerprint density at radius 3 is 2.30 bits per heavy atom. The van der Waals surface area contributed by atoms with Crippen LogP contribution in [0.25, 0.3) is 0 Å². The first kappa shape index (κ1) is 17.6. The average Bonchev–Trinajstić information content (AvgIpc) is 2.70. The van der Waals surface area contributed by atoms with E-state index in [1.807, 2.05) is 53.4 Å². The molecule has 0 aromatic heterocycles. The molecule has 140 valence electrons. The van der Waals surface area contributed by atoms with Gasteiger partial charge in [0.05, 0.1) is 5.92 Å². The molecule has 2 heterocycles. The van der Waals surface area contributed by atoms with Crippen LogP contribution in [0.4, 0.5) is 0 Å². The zero-order chi connectivity index (χ0) is 18.8. The SMILES string of the molecule is NC(=O)CCC1CCCN(C(=O)C2c3ccccc3Oc3ccccc32)C1. The number of rotatable bonds is 4. The van der Waals surface area contributed by atoms with E-state index in [-0.39, 0.29) is 17.7 Å². The predicted molar refractivity (Wildman–Crippen MR) is 103 cm³/mol. The molecular formula is C22H24N2O3. The number of nitrogens with two attached hydrogens (primary N) is 1. The lowest BCUT2D eigenvalue weighted by Gasteiger charge is -2.37. The van der Waals surface area contributed by atoms with Crippen LogP contribution in [0.2, 0.25) is 0 Å². The molecule has 1 atom stereocenters. The number of hydrogen-bond acceptors (Lipinski definition) is 3. The van der Waals surface area contributed by atoms with Crippen molar-refractivity contribution in [2.45, 2.75) is 31.6 Å². The molecule has 0 radical (unpaired) electrons. The molecule has 2 aliphatic rings. The summed E-state index contributed by atoms with van der Waals surface area (Å²) in [5.41, 5.74) is 7.13. The first-order valence-electron chi connectivity index (χ1n) is 9.56. The fourth-order valence-electron chi connectivity index (χ4n) is 4.21. The highest BCUT2D eigenvalue weighted by atomic mass is 16.5. The van der Waals surface area contributed by atoms with Crippen LogP contribution in [-0.4, -0.2) is 29.8 Å². The van der Waals surface area contributed by atoms with Gasteiger partial charge in [0.1, 0.15) is 11.5 Å². The summed E-state index contributed by atoms with van der Waals surface area (Å²) >= 11 is 0. The molecule has 0 spiro atoms. The number of para-hydroxylation sites is 2. The number of fused-ring (bicyclic) bond motifs is 2. The van der Waals surface area contributed by atoms with Crippen molar-refractivity contribution in [2.24, 2.45) is 11.7 Å². The van der Waals surface area contributed by atoms with Gasteiger partial charge in [-0.25, -0.2) is 0 Å². The second-order valence-electron chi connectivity index (χ2n) is 7.41. The molecule has 0 aliphatic carbocycles. The Balaban J connectivity index is 1.61. The van der Waals surface area contributed by atoms with Gasteiger partial charge in [0.2, 0.25) is 11.8 Å². The van der Waals surface area contributed by atoms with Gasteiger partial charge in [0.25, 0.3) is 0 Å². The predicted octanol–water partition coefficient (Wildman–Crippen LogP) is 3.43. The maximum atomic E-state index is 13.5. The van der Waals surface area contributed by atoms with E-state index in [4.69, 9.17) is 10.5 Å². The van der Waals surface area contributed by atoms with Crippen molar-refractivity contribution in [1.29, 1.82) is 0 Å². The highest BCUT2D eigenvalue weighted by molar-refractivity contribution is 5.89. The van der Waals surface area contributed by atoms with Crippen LogP contribution in [0.3, 0.4) is 0 Å². The van der Waals surface area contributed by atoms with Crippen molar-refractivity contribution >= 4 is 11.8 Å². The Labute approximate surface area is 159 Å². The van der Waals surface area contributed by atoms with Crippen LogP contribution < -0.4 is 10.5 Å². The number of amides is 2. The summed E-state index contributed by atoms with van der Waals surface area (Å²) in [4.78, 5) is 26.6. The smallest absolute Gasteiger partial charge is 0.234 e. The number of hydrogen-bond donors (Lipinski definition) is 1. The Hall–Kier alpha value is -2.82. The maximum absolute atomic E-state index is 13.5. The minimum absolute atomic E-state index is 0.113. The Kier molecular flexibility index (Phi) is 4.84. The second-order valence-corrected chi connectivity index (χ2v) is 7.41. The van der Waals surface area contributed by atoms with E-state index >= 15 is 0 Å². The quantitative estimate of drug-likeness (QED) is 0.903. The molecule has 0 saturated carbocycles. The average molecular weight is 364 g/mol. The first-order valence-corrected chi connectivity index (χ1v) is 9.56. The normalized spacial score (nSPS) is 19.0. The van der Waals surface area contributed by atoms with Crippen LogP contribution >= 0.6 is 0 Å². The third kappa shape index (κ3) is 3.54. The number of likely N-dealkylation sites (tertiary alicyclic amines) is 1. The molecule has 0 bridgehead atoms. The van der Waals surface area contributed by atoms with Crippen molar-refractivity contribution in [3.05, 3.63) is 59.7 Å². The lowest BCUT2D eigenvalue weighted by atomic mass is 9.85. The van der Waals surface area contributed by atoms with Crippen LogP contribution in [-0.2, 0) is 9.59 Å². The number of ether oxygens (including phenoxy) is 1. The van der Waals surface area contributed by atoms with Gasteiger partial charge in [0, 0.05) is 30.6 Å². The molecule has 2 amide bonds. The van der Waals surface area contributed by atoms with Crippen molar-refractivity contribution < 1.29 is 14.3 Å². The van der Waals surface area contributed by atoms with Crippen LogP contribution in [0.1, 0.15) is 42.7 Å². The maximum Gasteiger partial charge on any atom is 0.234 e. The van der Waals surface area contributed by atoms with Gasteiger partial charge in [-0.1, -0.05) is 36.4 Å². The van der Waals surface area contributed by atoms with E-state index in [1.54, 1.807) is 0 Å². The van der Waals surface area contributed by atoms with Gasteiger partial charge in [-0.15, -0.1) is 0 Å². The van der Waals surface area contributed by atoms with Crippen molar-refractivity contribution in [1.82, 2.24) is 4.90 Å². The van der Waals surface area contributed by atoms with Crippen molar-refractivity contribution in [3.63, 3.8) is 0 Å². The standard InChI is InChI=1S/C22H24N2O3/c23-20(25)12-11-15-6-5-13-24(14-15)22(26)21-16-7-1-3-9-18(16)27-19-10-4-2-8-17(19)21/h1-4,7-10,15,21H,5-6,11-14H2,(H2,23,25). The summed E-state index contributed by atoms with van der Waals surface area (Å²) < 4.78 is 6.01. The molecule has 5 nitrogen and oxygen atoms in total. The van der Waals surface area contributed by atoms with E-state index in [2.05, 4.69) is 0 Å². The molecule has 2 aliphatic heterocycles. The lowest BCUT2D eigenvalue weighted by Crippen LogP contribution is -2.43. The largest absolute Gasteiger partial charge is 0.457 e. The molecule has 1 fully saturated rings. The molecular weight excluding hydrogens is 340 g/mol. The van der Waals surface area contributed by atoms with Gasteiger partial charge in [-0.3, -0.25) is 9.59 Å². The van der Waals surface area contributed by atoms with E-state index < -0.39 is 0 Å². The minimum atomic E-state index is -0.346. The number of piperidine rings is 1. The van der Waals surface area contributed by atoms with E-state index in [0.717, 1.165) is 48.4 Å². The van der Waals surface area contributed by atoms with E-state index in [9.17, 15) is 9.59 Å². The summed E-state index contributed by atoms with van der Waals surface area (Å²) in [6, 6.07) is 15.5. The second kappa shape index (κ2) is 7.43. The third-order valence-corrected chi connectivity index (χ3v) is 5.56. The highest BCUT2D eigenvalue weighted by Crippen LogP contribution is 2.45. The molecule has 27 heavy (non-hydrogen) atoms. The molecule has 2 aromatic rings. The summed E-state index contributed by atoms with van der Waals surface area (Å²) in [5, 5.41) is 0. The van der Waals surface area contributed by atoms with Gasteiger partial charge < -0.3 is 15.4 Å². The zero-order valence-corrected chi connectivity index (χ0v) is 15.3. The minimum Gasteiger partial charge on any atom is -0.457 e. The lowest BCUT2D eigenvalue weighted by molar-refractivity contribution is -0.133. The number of nitrogens with zero attached hydrogens (tertiary/aromatic N) is 1. The van der Waals surface area contributed by atoms with Crippen LogP contribution in [0.5, 0.6) is 11.5 Å². The number of primary amides is 1. The molecule has 2 aromatic carbocycles. The Bertz CT molecular complexity index is 819. The molecule has 2 N–H and O–H groups in total. The van der Waals surface area contributed by atoms with Gasteiger partial charge >= 0.3 is 0 Å². The number of benzene rings is 2. The highest BCUT2D eigenvalue weighted by Gasteiger charge is 2.36. The monoisotopic (exact) mass is 364 g/mol. The molecule has 5 heteroatoms. The van der Waals surface area contributed by atoms with E-state index in [1.165, 1.54) is 0 Å². The summed E-state index contributed by atoms with van der Waals surface area (Å²) in [5.74, 6) is 1.32. The van der Waals surface area contributed by atoms with Gasteiger partial charge in [0.15, 0.2) is 0 Å². The summed E-state index contributed by atoms with van der Waals surface area (Å²) in [7, 11) is 0. The topological polar surface area (TPSA) is 72.6 Å². The fourth-order valence-corrected chi connectivity index (χ4v) is 4.21. The summed E-state index contributed by atoms with van der Waals surface area (Å²) in [6.07, 6.45) is 3.13. The van der Waals surface area contributed by atoms with Crippen molar-refractivity contribution in [2.75, 3.05) is 13.1 Å². The Morgan fingerprint density at radius 1 is 1.04 bits per heavy atom. The van der Waals surface area contributed by atoms with Gasteiger partial charge in [-0.2, -0.15) is 0 Å². The van der Waals surface area contributed by atoms with Gasteiger partial charge in [-0.05, 0) is 37.3 Å².